The maximum atomic E-state index is 13.4. The minimum absolute atomic E-state index is 0.0386. The molecule has 282 valence electrons. The van der Waals surface area contributed by atoms with Crippen LogP contribution in [0.4, 0.5) is 5.13 Å². The average molecular weight is 745 g/mol. The molecule has 8 amide bonds. The third-order valence-electron chi connectivity index (χ3n) is 7.79. The van der Waals surface area contributed by atoms with E-state index in [0.717, 1.165) is 4.88 Å². The van der Waals surface area contributed by atoms with E-state index >= 15 is 0 Å². The standard InChI is InChI=1S/C32H44N10O9S/c1-14(26(33)46)39-27(47)15(2)37-24(44)12-34-31(51)22-9-19-6-7-23(43)20(8-19)10-21-11-35-32(52-21)36-13-25(45)38-16(3)28(48)40-17(4)29(49)41-18(5)30(50)42-22/h6-8,11,14-18,22,43H,9-10,12-13H2,1-5H3,(H2,33,46)(H,34,51)(H,35,36)(H,37,44)(H,38,45)(H,39,47)(H,40,48)(H,41,49)(H,42,50)/t14-,15-,16-,17-,18-,22-/m0/s1. The van der Waals surface area contributed by atoms with Crippen molar-refractivity contribution >= 4 is 63.7 Å². The Kier molecular flexibility index (Phi) is 14.4. The van der Waals surface area contributed by atoms with Gasteiger partial charge in [0, 0.05) is 23.9 Å². The fraction of sp³-hybridized carbons (Fsp3) is 0.469. The Morgan fingerprint density at radius 1 is 0.923 bits per heavy atom. The third kappa shape index (κ3) is 12.2. The van der Waals surface area contributed by atoms with Crippen molar-refractivity contribution in [2.45, 2.75) is 83.7 Å². The number of nitrogens with zero attached hydrogens (tertiary/aromatic N) is 1. The summed E-state index contributed by atoms with van der Waals surface area (Å²) in [6.07, 6.45) is 1.70. The van der Waals surface area contributed by atoms with Gasteiger partial charge in [-0.2, -0.15) is 0 Å². The van der Waals surface area contributed by atoms with E-state index in [4.69, 9.17) is 5.73 Å². The quantitative estimate of drug-likeness (QED) is 0.136. The maximum Gasteiger partial charge on any atom is 0.243 e. The molecule has 4 bridgehead atoms. The molecule has 11 N–H and O–H groups in total. The van der Waals surface area contributed by atoms with E-state index in [1.807, 2.05) is 0 Å². The van der Waals surface area contributed by atoms with Crippen LogP contribution in [0.5, 0.6) is 5.75 Å². The molecule has 0 unspecified atom stereocenters. The molecule has 2 heterocycles. The van der Waals surface area contributed by atoms with Crippen molar-refractivity contribution in [3.63, 3.8) is 0 Å². The smallest absolute Gasteiger partial charge is 0.243 e. The van der Waals surface area contributed by atoms with Crippen LogP contribution in [0.3, 0.4) is 0 Å². The lowest BCUT2D eigenvalue weighted by atomic mass is 10.00. The summed E-state index contributed by atoms with van der Waals surface area (Å²) in [5, 5.41) is 31.1. The Morgan fingerprint density at radius 3 is 2.17 bits per heavy atom. The second-order valence-electron chi connectivity index (χ2n) is 12.3. The molecule has 1 aromatic carbocycles. The number of phenols is 1. The predicted molar refractivity (Wildman–Crippen MR) is 187 cm³/mol. The van der Waals surface area contributed by atoms with E-state index in [9.17, 15) is 43.5 Å². The van der Waals surface area contributed by atoms with Gasteiger partial charge in [0.1, 0.15) is 42.0 Å². The van der Waals surface area contributed by atoms with Crippen molar-refractivity contribution < 1.29 is 43.5 Å². The monoisotopic (exact) mass is 744 g/mol. The molecule has 0 radical (unpaired) electrons. The molecule has 1 aliphatic heterocycles. The lowest BCUT2D eigenvalue weighted by Gasteiger charge is -2.23. The number of carbonyl (C=O) groups excluding carboxylic acids is 8. The predicted octanol–water partition coefficient (Wildman–Crippen LogP) is -2.98. The molecule has 6 atom stereocenters. The van der Waals surface area contributed by atoms with Crippen LogP contribution < -0.4 is 48.3 Å². The van der Waals surface area contributed by atoms with Crippen LogP contribution in [0.1, 0.15) is 50.6 Å². The number of benzene rings is 1. The summed E-state index contributed by atoms with van der Waals surface area (Å²) in [6, 6.07) is -2.01. The lowest BCUT2D eigenvalue weighted by Crippen LogP contribution is -2.57. The summed E-state index contributed by atoms with van der Waals surface area (Å²) in [7, 11) is 0. The molecule has 20 heteroatoms. The largest absolute Gasteiger partial charge is 0.508 e. The highest BCUT2D eigenvalue weighted by Gasteiger charge is 2.28. The Balaban J connectivity index is 1.83. The molecule has 0 aliphatic carbocycles. The number of primary amides is 1. The minimum atomic E-state index is -1.28. The number of aromatic hydroxyl groups is 1. The number of hydrogen-bond acceptors (Lipinski definition) is 12. The molecule has 0 saturated carbocycles. The van der Waals surface area contributed by atoms with Crippen molar-refractivity contribution in [3.8, 4) is 5.75 Å². The van der Waals surface area contributed by atoms with Gasteiger partial charge in [-0.1, -0.05) is 12.1 Å². The molecular formula is C32H44N10O9S. The van der Waals surface area contributed by atoms with Gasteiger partial charge in [-0.25, -0.2) is 4.98 Å². The fourth-order valence-corrected chi connectivity index (χ4v) is 5.52. The second kappa shape index (κ2) is 18.4. The second-order valence-corrected chi connectivity index (χ2v) is 13.4. The Morgan fingerprint density at radius 2 is 1.54 bits per heavy atom. The third-order valence-corrected chi connectivity index (χ3v) is 8.74. The van der Waals surface area contributed by atoms with Crippen molar-refractivity contribution in [3.05, 3.63) is 40.4 Å². The first-order valence-corrected chi connectivity index (χ1v) is 17.1. The minimum Gasteiger partial charge on any atom is -0.508 e. The van der Waals surface area contributed by atoms with Gasteiger partial charge in [0.2, 0.25) is 47.3 Å². The maximum absolute atomic E-state index is 13.4. The van der Waals surface area contributed by atoms with Crippen LogP contribution in [0.15, 0.2) is 24.4 Å². The van der Waals surface area contributed by atoms with Crippen LogP contribution in [-0.4, -0.2) is 107 Å². The molecule has 19 nitrogen and oxygen atoms in total. The number of hydrogen-bond donors (Lipinski definition) is 10. The van der Waals surface area contributed by atoms with Crippen LogP contribution in [0.25, 0.3) is 0 Å². The van der Waals surface area contributed by atoms with Gasteiger partial charge in [-0.3, -0.25) is 38.4 Å². The van der Waals surface area contributed by atoms with E-state index in [2.05, 4.69) is 47.5 Å². The fourth-order valence-electron chi connectivity index (χ4n) is 4.69. The molecule has 0 saturated heterocycles. The van der Waals surface area contributed by atoms with Gasteiger partial charge >= 0.3 is 0 Å². The van der Waals surface area contributed by atoms with E-state index in [1.165, 1.54) is 52.0 Å². The summed E-state index contributed by atoms with van der Waals surface area (Å²) in [4.78, 5) is 106. The molecule has 2 aromatic rings. The normalized spacial score (nSPS) is 21.5. The summed E-state index contributed by atoms with van der Waals surface area (Å²) in [5.74, 6) is -5.65. The summed E-state index contributed by atoms with van der Waals surface area (Å²) in [6.45, 7) is 6.16. The van der Waals surface area contributed by atoms with Gasteiger partial charge in [-0.15, -0.1) is 11.3 Å². The molecular weight excluding hydrogens is 700 g/mol. The van der Waals surface area contributed by atoms with E-state index in [-0.39, 0.29) is 25.1 Å². The van der Waals surface area contributed by atoms with Gasteiger partial charge in [-0.05, 0) is 51.8 Å². The zero-order chi connectivity index (χ0) is 38.7. The van der Waals surface area contributed by atoms with Crippen LogP contribution in [0.2, 0.25) is 0 Å². The first kappa shape index (κ1) is 40.6. The van der Waals surface area contributed by atoms with E-state index < -0.39 is 90.1 Å². The van der Waals surface area contributed by atoms with E-state index in [0.29, 0.717) is 16.3 Å². The summed E-state index contributed by atoms with van der Waals surface area (Å²) >= 11 is 1.23. The highest BCUT2D eigenvalue weighted by Crippen LogP contribution is 2.27. The number of rotatable bonds is 7. The highest BCUT2D eigenvalue weighted by molar-refractivity contribution is 7.15. The van der Waals surface area contributed by atoms with Gasteiger partial charge in [0.15, 0.2) is 5.13 Å². The highest BCUT2D eigenvalue weighted by atomic mass is 32.1. The number of nitrogens with two attached hydrogens (primary N) is 1. The van der Waals surface area contributed by atoms with Gasteiger partial charge in [0.25, 0.3) is 0 Å². The van der Waals surface area contributed by atoms with Gasteiger partial charge < -0.3 is 53.4 Å². The van der Waals surface area contributed by atoms with Crippen molar-refractivity contribution in [1.29, 1.82) is 0 Å². The van der Waals surface area contributed by atoms with Crippen LogP contribution in [-0.2, 0) is 51.2 Å². The number of thiazole rings is 1. The lowest BCUT2D eigenvalue weighted by molar-refractivity contribution is -0.134. The summed E-state index contributed by atoms with van der Waals surface area (Å²) < 4.78 is 0. The molecule has 52 heavy (non-hydrogen) atoms. The number of phenolic OH excluding ortho intramolecular Hbond substituents is 1. The number of fused-ring (bicyclic) bond motifs is 4. The number of anilines is 1. The van der Waals surface area contributed by atoms with Crippen LogP contribution in [0, 0.1) is 0 Å². The van der Waals surface area contributed by atoms with E-state index in [1.54, 1.807) is 18.3 Å². The number of carbonyl (C=O) groups is 8. The number of nitrogens with one attached hydrogen (secondary N) is 8. The van der Waals surface area contributed by atoms with Crippen molar-refractivity contribution in [2.24, 2.45) is 5.73 Å². The first-order chi connectivity index (χ1) is 24.4. The zero-order valence-corrected chi connectivity index (χ0v) is 30.1. The van der Waals surface area contributed by atoms with Crippen molar-refractivity contribution in [2.75, 3.05) is 18.4 Å². The molecule has 1 aromatic heterocycles. The topological polar surface area (TPSA) is 292 Å². The molecule has 3 rings (SSSR count). The SMILES string of the molecule is C[C@H](NC(=O)[C@H](C)NC(=O)CNC(=O)[C@@H]1Cc2ccc(O)c(c2)Cc2cnc(s2)NCC(=O)N[C@@H](C)C(=O)N[C@@H](C)C(=O)N[C@@H](C)C(=O)N1)C(N)=O. The Hall–Kier alpha value is -5.79. The van der Waals surface area contributed by atoms with Crippen molar-refractivity contribution in [1.82, 2.24) is 42.2 Å². The molecule has 0 spiro atoms. The Labute approximate surface area is 303 Å². The molecule has 0 fully saturated rings. The average Bonchev–Trinajstić information content (AvgIpc) is 3.53. The first-order valence-electron chi connectivity index (χ1n) is 16.3. The molecule has 1 aliphatic rings. The number of aromatic nitrogens is 1. The number of amides is 8. The zero-order valence-electron chi connectivity index (χ0n) is 29.2. The van der Waals surface area contributed by atoms with Gasteiger partial charge in [0.05, 0.1) is 13.1 Å². The Bertz CT molecular complexity index is 1700. The summed E-state index contributed by atoms with van der Waals surface area (Å²) in [5.41, 5.74) is 6.15. The van der Waals surface area contributed by atoms with Crippen LogP contribution >= 0.6 is 11.3 Å².